The molecule has 1 heterocycles. The number of amides is 1. The average Bonchev–Trinajstić information content (AvgIpc) is 3.15. The zero-order chi connectivity index (χ0) is 22.4. The number of hydrogen-bond acceptors (Lipinski definition) is 7. The lowest BCUT2D eigenvalue weighted by Gasteiger charge is -2.20. The molecule has 0 atom stereocenters. The number of anilines is 1. The van der Waals surface area contributed by atoms with Gasteiger partial charge in [-0.15, -0.1) is 0 Å². The van der Waals surface area contributed by atoms with E-state index in [1.165, 1.54) is 29.5 Å². The van der Waals surface area contributed by atoms with Crippen LogP contribution in [0, 0.1) is 10.1 Å². The normalized spacial score (nSPS) is 11.4. The second-order valence-corrected chi connectivity index (χ2v) is 8.05. The van der Waals surface area contributed by atoms with Crippen molar-refractivity contribution in [3.05, 3.63) is 64.2 Å². The molecule has 0 saturated carbocycles. The van der Waals surface area contributed by atoms with Crippen molar-refractivity contribution in [2.75, 3.05) is 38.7 Å². The van der Waals surface area contributed by atoms with E-state index >= 15 is 0 Å². The van der Waals surface area contributed by atoms with Gasteiger partial charge in [-0.3, -0.25) is 19.8 Å². The molecular weight excluding hydrogens is 416 g/mol. The van der Waals surface area contributed by atoms with Crippen molar-refractivity contribution >= 4 is 44.4 Å². The van der Waals surface area contributed by atoms with E-state index in [1.807, 2.05) is 44.1 Å². The van der Waals surface area contributed by atoms with Crippen molar-refractivity contribution in [1.29, 1.82) is 0 Å². The molecule has 0 bridgehead atoms. The van der Waals surface area contributed by atoms with Crippen molar-refractivity contribution in [2.24, 2.45) is 0 Å². The van der Waals surface area contributed by atoms with Gasteiger partial charge in [0.25, 0.3) is 11.6 Å². The SMILES string of the molecule is CCOc1ccc2nc(N(CCN(C)C)C(=O)/C=C/c3cccc([N+](=O)[O-])c3)sc2c1. The summed E-state index contributed by atoms with van der Waals surface area (Å²) in [6.07, 6.45) is 3.00. The van der Waals surface area contributed by atoms with Crippen LogP contribution in [-0.4, -0.2) is 54.5 Å². The molecule has 0 saturated heterocycles. The third-order valence-corrected chi connectivity index (χ3v) is 5.47. The van der Waals surface area contributed by atoms with E-state index in [0.29, 0.717) is 30.4 Å². The highest BCUT2D eigenvalue weighted by atomic mass is 32.1. The molecule has 0 N–H and O–H groups in total. The minimum absolute atomic E-state index is 0.0182. The van der Waals surface area contributed by atoms with Gasteiger partial charge in [0.15, 0.2) is 5.13 Å². The molecule has 9 heteroatoms. The van der Waals surface area contributed by atoms with Gasteiger partial charge >= 0.3 is 0 Å². The third-order valence-electron chi connectivity index (χ3n) is 4.43. The van der Waals surface area contributed by atoms with E-state index in [1.54, 1.807) is 23.1 Å². The molecule has 0 fully saturated rings. The smallest absolute Gasteiger partial charge is 0.270 e. The Bertz CT molecular complexity index is 1110. The number of likely N-dealkylation sites (N-methyl/N-ethyl adjacent to an activating group) is 1. The Kier molecular flexibility index (Phi) is 7.32. The zero-order valence-corrected chi connectivity index (χ0v) is 18.5. The van der Waals surface area contributed by atoms with E-state index in [0.717, 1.165) is 16.0 Å². The van der Waals surface area contributed by atoms with Crippen molar-refractivity contribution in [1.82, 2.24) is 9.88 Å². The minimum Gasteiger partial charge on any atom is -0.494 e. The van der Waals surface area contributed by atoms with E-state index in [4.69, 9.17) is 4.74 Å². The maximum Gasteiger partial charge on any atom is 0.270 e. The molecule has 0 unspecified atom stereocenters. The molecule has 0 spiro atoms. The first-order valence-electron chi connectivity index (χ1n) is 9.79. The molecule has 0 aliphatic rings. The number of carbonyl (C=O) groups excluding carboxylic acids is 1. The molecule has 8 nitrogen and oxygen atoms in total. The molecule has 0 aliphatic heterocycles. The monoisotopic (exact) mass is 440 g/mol. The summed E-state index contributed by atoms with van der Waals surface area (Å²) in [5.41, 5.74) is 1.37. The van der Waals surface area contributed by atoms with E-state index in [2.05, 4.69) is 4.98 Å². The highest BCUT2D eigenvalue weighted by Crippen LogP contribution is 2.31. The van der Waals surface area contributed by atoms with Crippen LogP contribution in [0.15, 0.2) is 48.5 Å². The van der Waals surface area contributed by atoms with Crippen LogP contribution in [0.25, 0.3) is 16.3 Å². The van der Waals surface area contributed by atoms with E-state index in [-0.39, 0.29) is 11.6 Å². The number of hydrogen-bond donors (Lipinski definition) is 0. The fraction of sp³-hybridized carbons (Fsp3) is 0.273. The molecule has 1 aromatic heterocycles. The van der Waals surface area contributed by atoms with Gasteiger partial charge in [0.1, 0.15) is 5.75 Å². The molecule has 3 aromatic rings. The maximum atomic E-state index is 13.0. The number of nitrogens with zero attached hydrogens (tertiary/aromatic N) is 4. The summed E-state index contributed by atoms with van der Waals surface area (Å²) in [5.74, 6) is 0.527. The predicted molar refractivity (Wildman–Crippen MR) is 124 cm³/mol. The topological polar surface area (TPSA) is 88.8 Å². The van der Waals surface area contributed by atoms with Crippen molar-refractivity contribution < 1.29 is 14.5 Å². The van der Waals surface area contributed by atoms with Gasteiger partial charge in [-0.2, -0.15) is 0 Å². The quantitative estimate of drug-likeness (QED) is 0.281. The molecule has 2 aromatic carbocycles. The number of nitro groups is 1. The third kappa shape index (κ3) is 5.87. The molecule has 162 valence electrons. The van der Waals surface area contributed by atoms with Gasteiger partial charge in [-0.25, -0.2) is 4.98 Å². The minimum atomic E-state index is -0.458. The molecule has 0 radical (unpaired) electrons. The van der Waals surface area contributed by atoms with E-state index < -0.39 is 4.92 Å². The number of nitro benzene ring substituents is 1. The number of rotatable bonds is 9. The molecule has 3 rings (SSSR count). The molecule has 0 aliphatic carbocycles. The highest BCUT2D eigenvalue weighted by Gasteiger charge is 2.18. The van der Waals surface area contributed by atoms with Gasteiger partial charge < -0.3 is 9.64 Å². The number of carbonyl (C=O) groups is 1. The van der Waals surface area contributed by atoms with Crippen LogP contribution in [0.4, 0.5) is 10.8 Å². The summed E-state index contributed by atoms with van der Waals surface area (Å²) >= 11 is 1.43. The fourth-order valence-corrected chi connectivity index (χ4v) is 3.89. The lowest BCUT2D eigenvalue weighted by atomic mass is 10.2. The summed E-state index contributed by atoms with van der Waals surface area (Å²) in [5, 5.41) is 11.6. The van der Waals surface area contributed by atoms with Crippen molar-refractivity contribution in [3.8, 4) is 5.75 Å². The summed E-state index contributed by atoms with van der Waals surface area (Å²) in [7, 11) is 3.88. The predicted octanol–water partition coefficient (Wildman–Crippen LogP) is 4.21. The summed E-state index contributed by atoms with van der Waals surface area (Å²) < 4.78 is 6.49. The Morgan fingerprint density at radius 2 is 2.03 bits per heavy atom. The molecule has 31 heavy (non-hydrogen) atoms. The number of non-ortho nitro benzene ring substituents is 1. The number of aromatic nitrogens is 1. The second-order valence-electron chi connectivity index (χ2n) is 7.04. The number of ether oxygens (including phenoxy) is 1. The Balaban J connectivity index is 1.87. The number of fused-ring (bicyclic) bond motifs is 1. The van der Waals surface area contributed by atoms with Crippen LogP contribution in [0.1, 0.15) is 12.5 Å². The second kappa shape index (κ2) is 10.1. The molecular formula is C22H24N4O4S. The standard InChI is InChI=1S/C22H24N4O4S/c1-4-30-18-9-10-19-20(15-18)31-22(23-19)25(13-12-24(2)3)21(27)11-8-16-6-5-7-17(14-16)26(28)29/h5-11,14-15H,4,12-13H2,1-3H3/b11-8+. The first-order chi connectivity index (χ1) is 14.9. The van der Waals surface area contributed by atoms with Crippen LogP contribution >= 0.6 is 11.3 Å². The largest absolute Gasteiger partial charge is 0.494 e. The van der Waals surface area contributed by atoms with Crippen molar-refractivity contribution in [3.63, 3.8) is 0 Å². The van der Waals surface area contributed by atoms with Crippen LogP contribution in [0.2, 0.25) is 0 Å². The first kappa shape index (κ1) is 22.4. The van der Waals surface area contributed by atoms with Crippen LogP contribution < -0.4 is 9.64 Å². The summed E-state index contributed by atoms with van der Waals surface area (Å²) in [4.78, 5) is 31.8. The van der Waals surface area contributed by atoms with Gasteiger partial charge in [0, 0.05) is 31.3 Å². The van der Waals surface area contributed by atoms with Crippen molar-refractivity contribution in [2.45, 2.75) is 6.92 Å². The van der Waals surface area contributed by atoms with Crippen LogP contribution in [0.5, 0.6) is 5.75 Å². The van der Waals surface area contributed by atoms with Crippen LogP contribution in [0.3, 0.4) is 0 Å². The zero-order valence-electron chi connectivity index (χ0n) is 17.6. The van der Waals surface area contributed by atoms with Gasteiger partial charge in [-0.1, -0.05) is 23.5 Å². The lowest BCUT2D eigenvalue weighted by Crippen LogP contribution is -2.35. The van der Waals surface area contributed by atoms with Gasteiger partial charge in [0.2, 0.25) is 0 Å². The number of benzene rings is 2. The summed E-state index contributed by atoms with van der Waals surface area (Å²) in [6.45, 7) is 3.63. The van der Waals surface area contributed by atoms with E-state index in [9.17, 15) is 14.9 Å². The first-order valence-corrected chi connectivity index (χ1v) is 10.6. The van der Waals surface area contributed by atoms with Gasteiger partial charge in [-0.05, 0) is 50.9 Å². The Hall–Kier alpha value is -3.30. The average molecular weight is 441 g/mol. The van der Waals surface area contributed by atoms with Gasteiger partial charge in [0.05, 0.1) is 21.7 Å². The fourth-order valence-electron chi connectivity index (χ4n) is 2.86. The Morgan fingerprint density at radius 3 is 2.74 bits per heavy atom. The Morgan fingerprint density at radius 1 is 1.23 bits per heavy atom. The summed E-state index contributed by atoms with van der Waals surface area (Å²) in [6, 6.07) is 11.8. The number of thiazole rings is 1. The lowest BCUT2D eigenvalue weighted by molar-refractivity contribution is -0.384. The molecule has 1 amide bonds. The van der Waals surface area contributed by atoms with Crippen LogP contribution in [-0.2, 0) is 4.79 Å². The maximum absolute atomic E-state index is 13.0. The Labute approximate surface area is 184 Å². The highest BCUT2D eigenvalue weighted by molar-refractivity contribution is 7.22.